The summed E-state index contributed by atoms with van der Waals surface area (Å²) in [6.07, 6.45) is 3.50. The van der Waals surface area contributed by atoms with Crippen molar-refractivity contribution in [1.29, 1.82) is 0 Å². The first-order valence-electron chi connectivity index (χ1n) is 7.80. The van der Waals surface area contributed by atoms with Gasteiger partial charge in [-0.25, -0.2) is 0 Å². The molecule has 3 nitrogen and oxygen atoms in total. The first-order valence-corrected chi connectivity index (χ1v) is 8.18. The number of benzene rings is 1. The summed E-state index contributed by atoms with van der Waals surface area (Å²) < 4.78 is 0. The van der Waals surface area contributed by atoms with E-state index in [4.69, 9.17) is 17.3 Å². The van der Waals surface area contributed by atoms with Crippen LogP contribution in [0.2, 0.25) is 5.02 Å². The Morgan fingerprint density at radius 3 is 2.57 bits per heavy atom. The molecule has 0 bridgehead atoms. The molecule has 1 aliphatic heterocycles. The maximum absolute atomic E-state index is 6.16. The predicted octanol–water partition coefficient (Wildman–Crippen LogP) is 2.63. The minimum absolute atomic E-state index is 0.0164. The van der Waals surface area contributed by atoms with Crippen molar-refractivity contribution >= 4 is 11.6 Å². The molecule has 118 valence electrons. The lowest BCUT2D eigenvalue weighted by Gasteiger charge is -2.46. The molecule has 2 N–H and O–H groups in total. The fourth-order valence-corrected chi connectivity index (χ4v) is 3.35. The summed E-state index contributed by atoms with van der Waals surface area (Å²) in [5.41, 5.74) is 7.48. The average Bonchev–Trinajstić information content (AvgIpc) is 2.49. The quantitative estimate of drug-likeness (QED) is 0.907. The number of likely N-dealkylation sites (N-methyl/N-ethyl adjacent to an activating group) is 1. The molecule has 2 rings (SSSR count). The van der Waals surface area contributed by atoms with Gasteiger partial charge in [-0.1, -0.05) is 23.7 Å². The largest absolute Gasteiger partial charge is 0.329 e. The molecule has 21 heavy (non-hydrogen) atoms. The summed E-state index contributed by atoms with van der Waals surface area (Å²) in [6, 6.07) is 8.79. The Morgan fingerprint density at radius 1 is 1.33 bits per heavy atom. The Hall–Kier alpha value is -0.610. The molecule has 0 spiro atoms. The van der Waals surface area contributed by atoms with Crippen molar-refractivity contribution in [2.75, 3.05) is 33.7 Å². The Kier molecular flexibility index (Phi) is 5.67. The lowest BCUT2D eigenvalue weighted by atomic mass is 9.88. The van der Waals surface area contributed by atoms with Crippen LogP contribution >= 0.6 is 11.6 Å². The minimum atomic E-state index is 0.0164. The summed E-state index contributed by atoms with van der Waals surface area (Å²) in [4.78, 5) is 4.92. The maximum atomic E-state index is 6.16. The molecule has 0 saturated carbocycles. The van der Waals surface area contributed by atoms with Crippen LogP contribution < -0.4 is 5.73 Å². The molecule has 2 unspecified atom stereocenters. The molecule has 1 fully saturated rings. The highest BCUT2D eigenvalue weighted by atomic mass is 35.5. The van der Waals surface area contributed by atoms with E-state index in [1.807, 2.05) is 12.1 Å². The van der Waals surface area contributed by atoms with Crippen molar-refractivity contribution in [3.05, 3.63) is 34.9 Å². The van der Waals surface area contributed by atoms with Crippen LogP contribution in [0.1, 0.15) is 25.3 Å². The van der Waals surface area contributed by atoms with Gasteiger partial charge >= 0.3 is 0 Å². The molecule has 0 aromatic heterocycles. The molecule has 1 aromatic carbocycles. The Labute approximate surface area is 134 Å². The lowest BCUT2D eigenvalue weighted by molar-refractivity contribution is 0.0455. The van der Waals surface area contributed by atoms with E-state index >= 15 is 0 Å². The van der Waals surface area contributed by atoms with Gasteiger partial charge in [0.1, 0.15) is 0 Å². The molecular weight excluding hydrogens is 282 g/mol. The zero-order chi connectivity index (χ0) is 15.5. The van der Waals surface area contributed by atoms with Crippen molar-refractivity contribution < 1.29 is 0 Å². The van der Waals surface area contributed by atoms with Gasteiger partial charge in [0.15, 0.2) is 0 Å². The van der Waals surface area contributed by atoms with Crippen LogP contribution in [0.5, 0.6) is 0 Å². The first-order chi connectivity index (χ1) is 9.94. The van der Waals surface area contributed by atoms with E-state index in [1.54, 1.807) is 0 Å². The number of nitrogens with two attached hydrogens (primary N) is 1. The monoisotopic (exact) mass is 309 g/mol. The van der Waals surface area contributed by atoms with Crippen molar-refractivity contribution in [1.82, 2.24) is 9.80 Å². The number of likely N-dealkylation sites (tertiary alicyclic amines) is 1. The van der Waals surface area contributed by atoms with E-state index in [0.717, 1.165) is 24.5 Å². The Balaban J connectivity index is 2.10. The second kappa shape index (κ2) is 7.10. The molecule has 0 aliphatic carbocycles. The second-order valence-electron chi connectivity index (χ2n) is 6.71. The van der Waals surface area contributed by atoms with Gasteiger partial charge in [0.25, 0.3) is 0 Å². The van der Waals surface area contributed by atoms with Gasteiger partial charge in [-0.15, -0.1) is 0 Å². The fraction of sp³-hybridized carbons (Fsp3) is 0.647. The summed E-state index contributed by atoms with van der Waals surface area (Å²) in [5, 5.41) is 0.791. The van der Waals surface area contributed by atoms with Crippen molar-refractivity contribution in [3.63, 3.8) is 0 Å². The predicted molar refractivity (Wildman–Crippen MR) is 90.9 cm³/mol. The summed E-state index contributed by atoms with van der Waals surface area (Å²) >= 11 is 5.98. The van der Waals surface area contributed by atoms with Gasteiger partial charge in [0.05, 0.1) is 0 Å². The van der Waals surface area contributed by atoms with Crippen LogP contribution in [0, 0.1) is 0 Å². The van der Waals surface area contributed by atoms with Gasteiger partial charge in [0.2, 0.25) is 0 Å². The summed E-state index contributed by atoms with van der Waals surface area (Å²) in [5.74, 6) is 0. The van der Waals surface area contributed by atoms with Crippen LogP contribution in [-0.2, 0) is 6.42 Å². The molecule has 1 saturated heterocycles. The summed E-state index contributed by atoms with van der Waals surface area (Å²) in [7, 11) is 4.35. The number of halogens is 1. The second-order valence-corrected chi connectivity index (χ2v) is 7.15. The molecule has 1 aromatic rings. The highest BCUT2D eigenvalue weighted by Gasteiger charge is 2.34. The van der Waals surface area contributed by atoms with Gasteiger partial charge in [-0.05, 0) is 64.5 Å². The molecule has 4 heteroatoms. The molecule has 1 heterocycles. The SMILES string of the molecule is CN(C)C1CCCN(C(C)(CN)Cc2ccc(Cl)cc2)C1. The Morgan fingerprint density at radius 2 is 2.00 bits per heavy atom. The molecular formula is C17H28ClN3. The van der Waals surface area contributed by atoms with Crippen LogP contribution in [0.25, 0.3) is 0 Å². The molecule has 2 atom stereocenters. The van der Waals surface area contributed by atoms with Gasteiger partial charge in [0, 0.05) is 29.7 Å². The lowest BCUT2D eigenvalue weighted by Crippen LogP contribution is -2.59. The number of piperidine rings is 1. The van der Waals surface area contributed by atoms with Gasteiger partial charge in [-0.3, -0.25) is 4.90 Å². The van der Waals surface area contributed by atoms with E-state index in [0.29, 0.717) is 12.6 Å². The normalized spacial score (nSPS) is 23.2. The van der Waals surface area contributed by atoms with Crippen molar-refractivity contribution in [2.24, 2.45) is 5.73 Å². The topological polar surface area (TPSA) is 32.5 Å². The zero-order valence-corrected chi connectivity index (χ0v) is 14.2. The molecule has 0 amide bonds. The van der Waals surface area contributed by atoms with Gasteiger partial charge < -0.3 is 10.6 Å². The first kappa shape index (κ1) is 16.8. The molecule has 0 radical (unpaired) electrons. The zero-order valence-electron chi connectivity index (χ0n) is 13.5. The van der Waals surface area contributed by atoms with Crippen molar-refractivity contribution in [2.45, 2.75) is 37.8 Å². The minimum Gasteiger partial charge on any atom is -0.329 e. The third-order valence-corrected chi connectivity index (χ3v) is 5.08. The smallest absolute Gasteiger partial charge is 0.0406 e. The number of hydrogen-bond donors (Lipinski definition) is 1. The van der Waals surface area contributed by atoms with Crippen LogP contribution in [-0.4, -0.2) is 55.1 Å². The highest BCUT2D eigenvalue weighted by molar-refractivity contribution is 6.30. The molecule has 1 aliphatic rings. The average molecular weight is 310 g/mol. The third-order valence-electron chi connectivity index (χ3n) is 4.83. The number of nitrogens with zero attached hydrogens (tertiary/aromatic N) is 2. The van der Waals surface area contributed by atoms with E-state index in [9.17, 15) is 0 Å². The number of rotatable bonds is 5. The van der Waals surface area contributed by atoms with Crippen LogP contribution in [0.15, 0.2) is 24.3 Å². The van der Waals surface area contributed by atoms with Crippen LogP contribution in [0.3, 0.4) is 0 Å². The standard InChI is InChI=1S/C17H28ClN3/c1-17(13-19,11-14-6-8-15(18)9-7-14)21-10-4-5-16(12-21)20(2)3/h6-9,16H,4-5,10-13,19H2,1-3H3. The van der Waals surface area contributed by atoms with E-state index in [-0.39, 0.29) is 5.54 Å². The maximum Gasteiger partial charge on any atom is 0.0406 e. The van der Waals surface area contributed by atoms with E-state index in [1.165, 1.54) is 18.4 Å². The van der Waals surface area contributed by atoms with Crippen LogP contribution in [0.4, 0.5) is 0 Å². The fourth-order valence-electron chi connectivity index (χ4n) is 3.22. The van der Waals surface area contributed by atoms with E-state index in [2.05, 4.69) is 43.0 Å². The van der Waals surface area contributed by atoms with E-state index < -0.39 is 0 Å². The Bertz CT molecular complexity index is 446. The summed E-state index contributed by atoms with van der Waals surface area (Å²) in [6.45, 7) is 5.22. The van der Waals surface area contributed by atoms with Gasteiger partial charge in [-0.2, -0.15) is 0 Å². The third kappa shape index (κ3) is 4.19. The highest BCUT2D eigenvalue weighted by Crippen LogP contribution is 2.26. The van der Waals surface area contributed by atoms with Crippen molar-refractivity contribution in [3.8, 4) is 0 Å². The number of hydrogen-bond acceptors (Lipinski definition) is 3.